The number of rotatable bonds is 4. The van der Waals surface area contributed by atoms with Crippen molar-refractivity contribution in [1.29, 1.82) is 0 Å². The van der Waals surface area contributed by atoms with E-state index in [-0.39, 0.29) is 25.0 Å². The van der Waals surface area contributed by atoms with Crippen LogP contribution in [-0.2, 0) is 4.79 Å². The number of urea groups is 1. The molecule has 1 N–H and O–H groups in total. The van der Waals surface area contributed by atoms with Gasteiger partial charge >= 0.3 is 12.0 Å². The Labute approximate surface area is 115 Å². The highest BCUT2D eigenvalue weighted by Crippen LogP contribution is 2.14. The van der Waals surface area contributed by atoms with Gasteiger partial charge in [0.1, 0.15) is 0 Å². The lowest BCUT2D eigenvalue weighted by molar-refractivity contribution is -0.137. The summed E-state index contributed by atoms with van der Waals surface area (Å²) in [5.41, 5.74) is 0. The van der Waals surface area contributed by atoms with Gasteiger partial charge in [-0.15, -0.1) is 0 Å². The molecule has 19 heavy (non-hydrogen) atoms. The molecule has 6 nitrogen and oxygen atoms in total. The number of nitrogens with zero attached hydrogens (tertiary/aromatic N) is 3. The average Bonchev–Trinajstić information content (AvgIpc) is 2.56. The van der Waals surface area contributed by atoms with Crippen LogP contribution in [0, 0.1) is 0 Å². The van der Waals surface area contributed by atoms with Crippen LogP contribution in [0.25, 0.3) is 0 Å². The van der Waals surface area contributed by atoms with Crippen LogP contribution in [0.1, 0.15) is 26.2 Å². The third-order valence-corrected chi connectivity index (χ3v) is 3.61. The second-order valence-corrected chi connectivity index (χ2v) is 5.22. The van der Waals surface area contributed by atoms with Crippen molar-refractivity contribution >= 4 is 12.0 Å². The average molecular weight is 271 g/mol. The first-order valence-corrected chi connectivity index (χ1v) is 6.87. The summed E-state index contributed by atoms with van der Waals surface area (Å²) in [6.45, 7) is 4.98. The van der Waals surface area contributed by atoms with Gasteiger partial charge in [-0.1, -0.05) is 6.92 Å². The van der Waals surface area contributed by atoms with E-state index in [1.54, 1.807) is 7.05 Å². The van der Waals surface area contributed by atoms with Crippen LogP contribution < -0.4 is 0 Å². The van der Waals surface area contributed by atoms with E-state index >= 15 is 0 Å². The molecule has 0 saturated carbocycles. The molecule has 1 atom stereocenters. The van der Waals surface area contributed by atoms with Gasteiger partial charge in [-0.05, 0) is 26.4 Å². The van der Waals surface area contributed by atoms with Crippen LogP contribution in [0.5, 0.6) is 0 Å². The smallest absolute Gasteiger partial charge is 0.320 e. The first kappa shape index (κ1) is 15.8. The number of amides is 2. The predicted octanol–water partition coefficient (Wildman–Crippen LogP) is 0.929. The molecule has 1 rings (SSSR count). The van der Waals surface area contributed by atoms with Crippen molar-refractivity contribution in [2.75, 3.05) is 40.3 Å². The molecule has 0 aromatic heterocycles. The summed E-state index contributed by atoms with van der Waals surface area (Å²) in [4.78, 5) is 28.6. The number of likely N-dealkylation sites (N-methyl/N-ethyl adjacent to an activating group) is 1. The van der Waals surface area contributed by atoms with Crippen molar-refractivity contribution in [1.82, 2.24) is 14.7 Å². The Balaban J connectivity index is 2.63. The number of hydrogen-bond donors (Lipinski definition) is 1. The van der Waals surface area contributed by atoms with E-state index in [1.165, 1.54) is 4.90 Å². The largest absolute Gasteiger partial charge is 0.481 e. The second kappa shape index (κ2) is 7.33. The number of aliphatic carboxylic acids is 1. The number of carboxylic acids is 1. The Bertz CT molecular complexity index is 322. The van der Waals surface area contributed by atoms with Crippen LogP contribution in [0.4, 0.5) is 4.79 Å². The number of carbonyl (C=O) groups excluding carboxylic acids is 1. The molecular formula is C13H25N3O3. The molecule has 0 spiro atoms. The Kier molecular flexibility index (Phi) is 6.08. The molecule has 1 aliphatic rings. The van der Waals surface area contributed by atoms with Gasteiger partial charge in [-0.3, -0.25) is 4.79 Å². The fourth-order valence-corrected chi connectivity index (χ4v) is 2.42. The standard InChI is InChI=1S/C13H25N3O3/c1-4-11-10-14(2)7-5-8-16(11)13(19)15(3)9-6-12(17)18/h11H,4-10H2,1-3H3,(H,17,18). The molecule has 2 amide bonds. The van der Waals surface area contributed by atoms with Gasteiger partial charge < -0.3 is 19.8 Å². The zero-order valence-corrected chi connectivity index (χ0v) is 12.1. The molecule has 0 aliphatic carbocycles. The van der Waals surface area contributed by atoms with Gasteiger partial charge in [0, 0.05) is 32.7 Å². The van der Waals surface area contributed by atoms with E-state index < -0.39 is 5.97 Å². The van der Waals surface area contributed by atoms with Gasteiger partial charge in [0.25, 0.3) is 0 Å². The summed E-state index contributed by atoms with van der Waals surface area (Å²) < 4.78 is 0. The molecule has 0 aromatic carbocycles. The summed E-state index contributed by atoms with van der Waals surface area (Å²) in [6.07, 6.45) is 1.88. The lowest BCUT2D eigenvalue weighted by Crippen LogP contribution is -2.49. The quantitative estimate of drug-likeness (QED) is 0.826. The minimum absolute atomic E-state index is 0.00717. The highest BCUT2D eigenvalue weighted by molar-refractivity contribution is 5.75. The van der Waals surface area contributed by atoms with E-state index in [9.17, 15) is 9.59 Å². The normalized spacial score (nSPS) is 21.0. The van der Waals surface area contributed by atoms with E-state index in [1.807, 2.05) is 4.90 Å². The maximum Gasteiger partial charge on any atom is 0.320 e. The SMILES string of the molecule is CCC1CN(C)CCCN1C(=O)N(C)CCC(=O)O. The number of carbonyl (C=O) groups is 2. The first-order valence-electron chi connectivity index (χ1n) is 6.87. The molecule has 1 unspecified atom stereocenters. The lowest BCUT2D eigenvalue weighted by atomic mass is 10.2. The van der Waals surface area contributed by atoms with Crippen molar-refractivity contribution in [3.8, 4) is 0 Å². The van der Waals surface area contributed by atoms with Crippen molar-refractivity contribution < 1.29 is 14.7 Å². The van der Waals surface area contributed by atoms with Crippen molar-refractivity contribution in [2.45, 2.75) is 32.2 Å². The monoisotopic (exact) mass is 271 g/mol. The van der Waals surface area contributed by atoms with Crippen LogP contribution in [-0.4, -0.2) is 78.1 Å². The Morgan fingerprint density at radius 3 is 2.63 bits per heavy atom. The molecule has 1 saturated heterocycles. The second-order valence-electron chi connectivity index (χ2n) is 5.22. The Morgan fingerprint density at radius 2 is 2.05 bits per heavy atom. The third-order valence-electron chi connectivity index (χ3n) is 3.61. The molecule has 110 valence electrons. The topological polar surface area (TPSA) is 64.1 Å². The predicted molar refractivity (Wildman–Crippen MR) is 73.2 cm³/mol. The molecule has 1 fully saturated rings. The van der Waals surface area contributed by atoms with E-state index in [0.717, 1.165) is 32.5 Å². The molecule has 6 heteroatoms. The van der Waals surface area contributed by atoms with Crippen LogP contribution in [0.2, 0.25) is 0 Å². The van der Waals surface area contributed by atoms with Crippen LogP contribution >= 0.6 is 0 Å². The fourth-order valence-electron chi connectivity index (χ4n) is 2.42. The molecule has 1 aliphatic heterocycles. The number of hydrogen-bond acceptors (Lipinski definition) is 3. The van der Waals surface area contributed by atoms with Gasteiger partial charge in [-0.25, -0.2) is 4.79 Å². The Hall–Kier alpha value is -1.30. The molecule has 1 heterocycles. The maximum absolute atomic E-state index is 12.4. The minimum atomic E-state index is -0.873. The summed E-state index contributed by atoms with van der Waals surface area (Å²) in [7, 11) is 3.75. The van der Waals surface area contributed by atoms with E-state index in [2.05, 4.69) is 18.9 Å². The fraction of sp³-hybridized carbons (Fsp3) is 0.846. The maximum atomic E-state index is 12.4. The van der Waals surface area contributed by atoms with Gasteiger partial charge in [-0.2, -0.15) is 0 Å². The van der Waals surface area contributed by atoms with E-state index in [4.69, 9.17) is 5.11 Å². The highest BCUT2D eigenvalue weighted by Gasteiger charge is 2.28. The van der Waals surface area contributed by atoms with Gasteiger partial charge in [0.2, 0.25) is 0 Å². The van der Waals surface area contributed by atoms with Crippen LogP contribution in [0.3, 0.4) is 0 Å². The number of carboxylic acid groups (broad SMARTS) is 1. The zero-order valence-electron chi connectivity index (χ0n) is 12.1. The molecular weight excluding hydrogens is 246 g/mol. The molecule has 0 radical (unpaired) electrons. The van der Waals surface area contributed by atoms with Crippen molar-refractivity contribution in [3.05, 3.63) is 0 Å². The van der Waals surface area contributed by atoms with Gasteiger partial charge in [0.15, 0.2) is 0 Å². The van der Waals surface area contributed by atoms with Crippen LogP contribution in [0.15, 0.2) is 0 Å². The summed E-state index contributed by atoms with van der Waals surface area (Å²) >= 11 is 0. The lowest BCUT2D eigenvalue weighted by Gasteiger charge is -2.33. The van der Waals surface area contributed by atoms with Crippen molar-refractivity contribution in [2.24, 2.45) is 0 Å². The van der Waals surface area contributed by atoms with Gasteiger partial charge in [0.05, 0.1) is 6.42 Å². The zero-order chi connectivity index (χ0) is 14.4. The first-order chi connectivity index (χ1) is 8.95. The summed E-state index contributed by atoms with van der Waals surface area (Å²) in [5.74, 6) is -0.873. The summed E-state index contributed by atoms with van der Waals surface area (Å²) in [6, 6.07) is 0.163. The summed E-state index contributed by atoms with van der Waals surface area (Å²) in [5, 5.41) is 8.67. The third kappa shape index (κ3) is 4.70. The van der Waals surface area contributed by atoms with E-state index in [0.29, 0.717) is 0 Å². The van der Waals surface area contributed by atoms with Crippen molar-refractivity contribution in [3.63, 3.8) is 0 Å². The highest BCUT2D eigenvalue weighted by atomic mass is 16.4. The Morgan fingerprint density at radius 1 is 1.37 bits per heavy atom. The minimum Gasteiger partial charge on any atom is -0.481 e. The molecule has 0 bridgehead atoms. The molecule has 0 aromatic rings.